The Morgan fingerprint density at radius 1 is 1.44 bits per heavy atom. The van der Waals surface area contributed by atoms with Crippen LogP contribution in [0.5, 0.6) is 0 Å². The van der Waals surface area contributed by atoms with Crippen molar-refractivity contribution in [3.63, 3.8) is 0 Å². The summed E-state index contributed by atoms with van der Waals surface area (Å²) in [5, 5.41) is 14.1. The fourth-order valence-electron chi connectivity index (χ4n) is 2.56. The van der Waals surface area contributed by atoms with E-state index in [0.29, 0.717) is 6.42 Å². The Bertz CT molecular complexity index is 431. The summed E-state index contributed by atoms with van der Waals surface area (Å²) in [4.78, 5) is 26.4. The molecular formula is C12H15N2NaO3. The molecule has 0 saturated heterocycles. The van der Waals surface area contributed by atoms with Crippen LogP contribution in [-0.4, -0.2) is 17.8 Å². The number of aliphatic imine (C=N–C) groups is 1. The van der Waals surface area contributed by atoms with Gasteiger partial charge in [-0.3, -0.25) is 10.1 Å². The van der Waals surface area contributed by atoms with Crippen LogP contribution in [0, 0.1) is 5.41 Å². The molecule has 0 bridgehead atoms. The van der Waals surface area contributed by atoms with E-state index in [9.17, 15) is 14.7 Å². The van der Waals surface area contributed by atoms with Gasteiger partial charge >= 0.3 is 35.6 Å². The fourth-order valence-corrected chi connectivity index (χ4v) is 2.56. The molecule has 0 radical (unpaired) electrons. The van der Waals surface area contributed by atoms with Crippen LogP contribution in [0.2, 0.25) is 0 Å². The molecule has 0 aromatic rings. The predicted molar refractivity (Wildman–Crippen MR) is 60.2 cm³/mol. The molecule has 1 atom stereocenters. The van der Waals surface area contributed by atoms with E-state index in [2.05, 4.69) is 10.3 Å². The summed E-state index contributed by atoms with van der Waals surface area (Å²) >= 11 is 0. The van der Waals surface area contributed by atoms with Crippen LogP contribution in [0.15, 0.2) is 16.6 Å². The van der Waals surface area contributed by atoms with Gasteiger partial charge in [-0.2, -0.15) is 0 Å². The first-order valence-corrected chi connectivity index (χ1v) is 5.92. The van der Waals surface area contributed by atoms with Crippen molar-refractivity contribution in [3.8, 4) is 0 Å². The number of hydrogen-bond donors (Lipinski definition) is 1. The van der Waals surface area contributed by atoms with Gasteiger partial charge in [0.15, 0.2) is 0 Å². The van der Waals surface area contributed by atoms with Gasteiger partial charge < -0.3 is 5.11 Å². The molecule has 1 aliphatic heterocycles. The molecular weight excluding hydrogens is 243 g/mol. The van der Waals surface area contributed by atoms with Crippen molar-refractivity contribution < 1.29 is 44.3 Å². The molecule has 6 heteroatoms. The maximum Gasteiger partial charge on any atom is 1.00 e. The van der Waals surface area contributed by atoms with E-state index in [-0.39, 0.29) is 29.6 Å². The van der Waals surface area contributed by atoms with Gasteiger partial charge in [0.25, 0.3) is 0 Å². The summed E-state index contributed by atoms with van der Waals surface area (Å²) < 4.78 is 0. The van der Waals surface area contributed by atoms with Crippen molar-refractivity contribution >= 4 is 17.8 Å². The number of nitrogens with one attached hydrogen (secondary N) is 1. The third-order valence-electron chi connectivity index (χ3n) is 3.55. The van der Waals surface area contributed by atoms with Crippen LogP contribution in [0.1, 0.15) is 39.0 Å². The average molecular weight is 258 g/mol. The molecule has 0 spiro atoms. The second-order valence-electron chi connectivity index (χ2n) is 4.41. The number of imide groups is 1. The van der Waals surface area contributed by atoms with Crippen LogP contribution in [0.25, 0.3) is 0 Å². The van der Waals surface area contributed by atoms with Gasteiger partial charge in [0.1, 0.15) is 0 Å². The molecule has 18 heavy (non-hydrogen) atoms. The summed E-state index contributed by atoms with van der Waals surface area (Å²) in [6.07, 6.45) is 5.97. The molecule has 92 valence electrons. The maximum absolute atomic E-state index is 12.0. The van der Waals surface area contributed by atoms with Gasteiger partial charge in [0.05, 0.1) is 5.41 Å². The quantitative estimate of drug-likeness (QED) is 0.455. The van der Waals surface area contributed by atoms with Gasteiger partial charge in [-0.1, -0.05) is 18.6 Å². The standard InChI is InChI=1S/C12H16N2O3.Na/c1-2-12(8-6-4-3-5-7-8)9(15)13-11(17)14-10(12)16;/h6H,2-5,7H2,1H3,(H2,13,14,15,16,17);/q;+1/p-1. The van der Waals surface area contributed by atoms with Crippen molar-refractivity contribution in [3.05, 3.63) is 11.6 Å². The second kappa shape index (κ2) is 5.99. The minimum Gasteiger partial charge on any atom is -0.861 e. The molecule has 5 nitrogen and oxygen atoms in total. The second-order valence-corrected chi connectivity index (χ2v) is 4.41. The van der Waals surface area contributed by atoms with Crippen LogP contribution in [-0.2, 0) is 4.79 Å². The monoisotopic (exact) mass is 258 g/mol. The number of hydrogen-bond acceptors (Lipinski definition) is 3. The Morgan fingerprint density at radius 2 is 2.17 bits per heavy atom. The van der Waals surface area contributed by atoms with Gasteiger partial charge in [-0.15, -0.1) is 0 Å². The summed E-state index contributed by atoms with van der Waals surface area (Å²) in [6, 6.07) is -0.847. The van der Waals surface area contributed by atoms with E-state index in [1.165, 1.54) is 0 Å². The summed E-state index contributed by atoms with van der Waals surface area (Å²) in [7, 11) is 0. The third-order valence-corrected chi connectivity index (χ3v) is 3.55. The van der Waals surface area contributed by atoms with Crippen molar-refractivity contribution in [2.75, 3.05) is 0 Å². The zero-order valence-electron chi connectivity index (χ0n) is 10.8. The predicted octanol–water partition coefficient (Wildman–Crippen LogP) is -2.10. The van der Waals surface area contributed by atoms with Crippen LogP contribution < -0.4 is 40.0 Å². The van der Waals surface area contributed by atoms with Crippen molar-refractivity contribution in [1.82, 2.24) is 5.32 Å². The Kier molecular flexibility index (Phi) is 5.13. The molecule has 1 N–H and O–H groups in total. The first-order valence-electron chi connectivity index (χ1n) is 5.92. The van der Waals surface area contributed by atoms with E-state index in [1.54, 1.807) is 6.92 Å². The van der Waals surface area contributed by atoms with E-state index in [4.69, 9.17) is 0 Å². The average Bonchev–Trinajstić information content (AvgIpc) is 2.30. The zero-order chi connectivity index (χ0) is 12.5. The van der Waals surface area contributed by atoms with Gasteiger partial charge in [-0.25, -0.2) is 9.79 Å². The number of rotatable bonds is 2. The number of nitrogens with zero attached hydrogens (tertiary/aromatic N) is 1. The first kappa shape index (κ1) is 15.4. The van der Waals surface area contributed by atoms with E-state index >= 15 is 0 Å². The molecule has 0 aromatic heterocycles. The van der Waals surface area contributed by atoms with E-state index < -0.39 is 23.3 Å². The summed E-state index contributed by atoms with van der Waals surface area (Å²) in [5.74, 6) is -1.12. The van der Waals surface area contributed by atoms with Gasteiger partial charge in [-0.05, 0) is 38.0 Å². The summed E-state index contributed by atoms with van der Waals surface area (Å²) in [6.45, 7) is 1.78. The Labute approximate surface area is 128 Å². The molecule has 1 aliphatic carbocycles. The van der Waals surface area contributed by atoms with Crippen molar-refractivity contribution in [2.24, 2.45) is 10.4 Å². The molecule has 1 heterocycles. The Morgan fingerprint density at radius 3 is 2.67 bits per heavy atom. The van der Waals surface area contributed by atoms with Crippen LogP contribution in [0.3, 0.4) is 0 Å². The number of urea groups is 1. The number of carbonyl (C=O) groups excluding carboxylic acids is 2. The normalized spacial score (nSPS) is 27.8. The minimum atomic E-state index is -1.23. The molecule has 0 saturated carbocycles. The number of carbonyl (C=O) groups is 2. The Hall–Kier alpha value is -0.650. The fraction of sp³-hybridized carbons (Fsp3) is 0.583. The number of amides is 3. The largest absolute Gasteiger partial charge is 1.00 e. The van der Waals surface area contributed by atoms with Crippen LogP contribution in [0.4, 0.5) is 4.79 Å². The third kappa shape index (κ3) is 2.39. The van der Waals surface area contributed by atoms with Crippen LogP contribution >= 0.6 is 0 Å². The molecule has 1 unspecified atom stereocenters. The maximum atomic E-state index is 12.0. The molecule has 0 aromatic carbocycles. The molecule has 0 fully saturated rings. The topological polar surface area (TPSA) is 81.6 Å². The van der Waals surface area contributed by atoms with Gasteiger partial charge in [0, 0.05) is 0 Å². The van der Waals surface area contributed by atoms with Crippen molar-refractivity contribution in [1.29, 1.82) is 0 Å². The number of allylic oxidation sites excluding steroid dienone is 1. The molecule has 2 rings (SSSR count). The SMILES string of the molecule is CCC1(C2=CCCCC2)C(=O)NC(=O)N=C1[O-].[Na+]. The molecule has 3 amide bonds. The van der Waals surface area contributed by atoms with E-state index in [1.807, 2.05) is 6.08 Å². The first-order chi connectivity index (χ1) is 8.11. The Balaban J connectivity index is 0.00000162. The van der Waals surface area contributed by atoms with E-state index in [0.717, 1.165) is 31.3 Å². The van der Waals surface area contributed by atoms with Crippen molar-refractivity contribution in [2.45, 2.75) is 39.0 Å². The smallest absolute Gasteiger partial charge is 0.861 e. The molecule has 2 aliphatic rings. The zero-order valence-corrected chi connectivity index (χ0v) is 12.8. The summed E-state index contributed by atoms with van der Waals surface area (Å²) in [5.41, 5.74) is -0.404. The van der Waals surface area contributed by atoms with Gasteiger partial charge in [0.2, 0.25) is 5.91 Å². The minimum absolute atomic E-state index is 0.